The summed E-state index contributed by atoms with van der Waals surface area (Å²) in [6.45, 7) is 6.42. The van der Waals surface area contributed by atoms with Crippen LogP contribution in [0.4, 0.5) is 0 Å². The van der Waals surface area contributed by atoms with Gasteiger partial charge in [0.15, 0.2) is 0 Å². The molecule has 6 heteroatoms. The maximum atomic E-state index is 6.36. The third-order valence-electron chi connectivity index (χ3n) is 3.85. The van der Waals surface area contributed by atoms with Crippen LogP contribution in [-0.4, -0.2) is 36.1 Å². The number of hydrogen-bond donors (Lipinski definition) is 1. The number of para-hydroxylation sites is 1. The van der Waals surface area contributed by atoms with Gasteiger partial charge < -0.3 is 5.32 Å². The van der Waals surface area contributed by atoms with Gasteiger partial charge in [0.25, 0.3) is 0 Å². The van der Waals surface area contributed by atoms with Gasteiger partial charge in [-0.1, -0.05) is 29.8 Å². The van der Waals surface area contributed by atoms with E-state index in [2.05, 4.69) is 34.3 Å². The maximum absolute atomic E-state index is 6.36. The van der Waals surface area contributed by atoms with Crippen molar-refractivity contribution in [2.24, 2.45) is 0 Å². The summed E-state index contributed by atoms with van der Waals surface area (Å²) in [5.74, 6) is 0. The van der Waals surface area contributed by atoms with Gasteiger partial charge in [0, 0.05) is 43.2 Å². The van der Waals surface area contributed by atoms with E-state index >= 15 is 0 Å². The van der Waals surface area contributed by atoms with Gasteiger partial charge in [-0.05, 0) is 19.1 Å². The maximum Gasteiger partial charge on any atom is 0.134 e. The number of piperazine rings is 1. The summed E-state index contributed by atoms with van der Waals surface area (Å²) in [7, 11) is 0. The number of rotatable bonds is 2. The van der Waals surface area contributed by atoms with Crippen molar-refractivity contribution < 1.29 is 0 Å². The zero-order chi connectivity index (χ0) is 13.2. The van der Waals surface area contributed by atoms with E-state index in [4.69, 9.17) is 11.6 Å². The monoisotopic (exact) mass is 347 g/mol. The van der Waals surface area contributed by atoms with Gasteiger partial charge >= 0.3 is 0 Å². The molecule has 0 saturated carbocycles. The van der Waals surface area contributed by atoms with Crippen molar-refractivity contribution in [1.82, 2.24) is 15.2 Å². The molecule has 2 aromatic rings. The highest BCUT2D eigenvalue weighted by Gasteiger charge is 2.20. The first-order valence-electron chi connectivity index (χ1n) is 6.75. The fourth-order valence-corrected chi connectivity index (χ4v) is 2.97. The Morgan fingerprint density at radius 3 is 2.57 bits per heavy atom. The molecule has 1 saturated heterocycles. The van der Waals surface area contributed by atoms with Crippen LogP contribution in [0.5, 0.6) is 0 Å². The molecule has 116 valence electrons. The van der Waals surface area contributed by atoms with Gasteiger partial charge in [0.05, 0.1) is 5.52 Å². The summed E-state index contributed by atoms with van der Waals surface area (Å²) < 4.78 is 0. The van der Waals surface area contributed by atoms with Crippen molar-refractivity contribution in [1.29, 1.82) is 0 Å². The van der Waals surface area contributed by atoms with E-state index in [-0.39, 0.29) is 24.8 Å². The number of halogens is 3. The lowest BCUT2D eigenvalue weighted by atomic mass is 10.1. The van der Waals surface area contributed by atoms with Crippen LogP contribution in [0.3, 0.4) is 0 Å². The normalized spacial score (nSPS) is 16.9. The Balaban J connectivity index is 0.00000110. The highest BCUT2D eigenvalue weighted by atomic mass is 35.5. The van der Waals surface area contributed by atoms with Crippen LogP contribution in [0.1, 0.15) is 18.5 Å². The molecule has 21 heavy (non-hydrogen) atoms. The molecule has 1 atom stereocenters. The summed E-state index contributed by atoms with van der Waals surface area (Å²) in [5, 5.41) is 5.16. The minimum atomic E-state index is 0. The van der Waals surface area contributed by atoms with E-state index in [1.54, 1.807) is 0 Å². The van der Waals surface area contributed by atoms with Crippen molar-refractivity contribution in [3.05, 3.63) is 41.0 Å². The van der Waals surface area contributed by atoms with Crippen LogP contribution >= 0.6 is 36.4 Å². The highest BCUT2D eigenvalue weighted by molar-refractivity contribution is 6.30. The van der Waals surface area contributed by atoms with Crippen molar-refractivity contribution in [2.45, 2.75) is 13.0 Å². The van der Waals surface area contributed by atoms with Crippen LogP contribution in [0.2, 0.25) is 5.15 Å². The smallest absolute Gasteiger partial charge is 0.134 e. The number of hydrogen-bond acceptors (Lipinski definition) is 3. The Bertz CT molecular complexity index is 585. The van der Waals surface area contributed by atoms with Crippen molar-refractivity contribution in [2.75, 3.05) is 26.2 Å². The standard InChI is InChI=1S/C15H18ClN3.2ClH/c1-11(19-8-6-17-7-9-19)13-10-12-4-2-3-5-14(12)18-15(13)16;;/h2-5,10-11,17H,6-9H2,1H3;2*1H/t11-;;/m0../s1. The highest BCUT2D eigenvalue weighted by Crippen LogP contribution is 2.29. The quantitative estimate of drug-likeness (QED) is 0.839. The van der Waals surface area contributed by atoms with Crippen LogP contribution in [0.25, 0.3) is 10.9 Å². The molecule has 0 aliphatic carbocycles. The van der Waals surface area contributed by atoms with E-state index in [0.717, 1.165) is 42.6 Å². The van der Waals surface area contributed by atoms with Crippen LogP contribution in [0, 0.1) is 0 Å². The molecular weight excluding hydrogens is 329 g/mol. The fourth-order valence-electron chi connectivity index (χ4n) is 2.67. The predicted molar refractivity (Wildman–Crippen MR) is 94.1 cm³/mol. The minimum absolute atomic E-state index is 0. The Morgan fingerprint density at radius 1 is 1.19 bits per heavy atom. The zero-order valence-corrected chi connectivity index (χ0v) is 14.3. The number of fused-ring (bicyclic) bond motifs is 1. The number of nitrogens with one attached hydrogen (secondary N) is 1. The molecule has 1 N–H and O–H groups in total. The minimum Gasteiger partial charge on any atom is -0.314 e. The van der Waals surface area contributed by atoms with Crippen molar-refractivity contribution in [3.63, 3.8) is 0 Å². The summed E-state index contributed by atoms with van der Waals surface area (Å²) in [5.41, 5.74) is 2.09. The molecule has 1 aliphatic heterocycles. The Kier molecular flexibility index (Phi) is 7.17. The molecule has 1 aromatic carbocycles. The number of nitrogens with zero attached hydrogens (tertiary/aromatic N) is 2. The second-order valence-electron chi connectivity index (χ2n) is 5.02. The topological polar surface area (TPSA) is 28.2 Å². The Morgan fingerprint density at radius 2 is 1.86 bits per heavy atom. The van der Waals surface area contributed by atoms with Crippen LogP contribution < -0.4 is 5.32 Å². The number of benzene rings is 1. The average molecular weight is 349 g/mol. The second-order valence-corrected chi connectivity index (χ2v) is 5.38. The van der Waals surface area contributed by atoms with Gasteiger partial charge in [-0.15, -0.1) is 24.8 Å². The molecule has 0 unspecified atom stereocenters. The zero-order valence-electron chi connectivity index (χ0n) is 11.9. The van der Waals surface area contributed by atoms with Gasteiger partial charge in [-0.3, -0.25) is 4.90 Å². The Labute approximate surface area is 142 Å². The summed E-state index contributed by atoms with van der Waals surface area (Å²) in [6.07, 6.45) is 0. The predicted octanol–water partition coefficient (Wildman–Crippen LogP) is 3.70. The van der Waals surface area contributed by atoms with Crippen LogP contribution in [0.15, 0.2) is 30.3 Å². The molecular formula is C15H20Cl3N3. The molecule has 0 radical (unpaired) electrons. The van der Waals surface area contributed by atoms with Gasteiger partial charge in [0.2, 0.25) is 0 Å². The molecule has 1 fully saturated rings. The SMILES string of the molecule is C[C@@H](c1cc2ccccc2nc1Cl)N1CCNCC1.Cl.Cl. The van der Waals surface area contributed by atoms with E-state index < -0.39 is 0 Å². The summed E-state index contributed by atoms with van der Waals surface area (Å²) in [4.78, 5) is 6.97. The van der Waals surface area contributed by atoms with Crippen molar-refractivity contribution >= 4 is 47.3 Å². The number of pyridine rings is 1. The summed E-state index contributed by atoms with van der Waals surface area (Å²) >= 11 is 6.36. The van der Waals surface area contributed by atoms with Gasteiger partial charge in [-0.2, -0.15) is 0 Å². The first kappa shape index (κ1) is 18.5. The van der Waals surface area contributed by atoms with E-state index in [0.29, 0.717) is 11.2 Å². The van der Waals surface area contributed by atoms with E-state index in [9.17, 15) is 0 Å². The first-order valence-corrected chi connectivity index (χ1v) is 7.13. The average Bonchev–Trinajstić information content (AvgIpc) is 2.47. The lowest BCUT2D eigenvalue weighted by molar-refractivity contribution is 0.185. The van der Waals surface area contributed by atoms with Gasteiger partial charge in [0.1, 0.15) is 5.15 Å². The molecule has 3 nitrogen and oxygen atoms in total. The summed E-state index contributed by atoms with van der Waals surface area (Å²) in [6, 6.07) is 10.6. The van der Waals surface area contributed by atoms with Crippen molar-refractivity contribution in [3.8, 4) is 0 Å². The fraction of sp³-hybridized carbons (Fsp3) is 0.400. The molecule has 2 heterocycles. The molecule has 3 rings (SSSR count). The first-order chi connectivity index (χ1) is 9.25. The molecule has 0 bridgehead atoms. The third kappa shape index (κ3) is 3.99. The van der Waals surface area contributed by atoms with Crippen LogP contribution in [-0.2, 0) is 0 Å². The molecule has 1 aromatic heterocycles. The molecule has 0 spiro atoms. The van der Waals surface area contributed by atoms with E-state index in [1.807, 2.05) is 18.2 Å². The largest absolute Gasteiger partial charge is 0.314 e. The van der Waals surface area contributed by atoms with Gasteiger partial charge in [-0.25, -0.2) is 4.98 Å². The Hall–Kier alpha value is -0.580. The second kappa shape index (κ2) is 8.16. The lowest BCUT2D eigenvalue weighted by Gasteiger charge is -2.33. The molecule has 1 aliphatic rings. The third-order valence-corrected chi connectivity index (χ3v) is 4.16. The van der Waals surface area contributed by atoms with E-state index in [1.165, 1.54) is 0 Å². The number of aromatic nitrogens is 1. The lowest BCUT2D eigenvalue weighted by Crippen LogP contribution is -2.44. The molecule has 0 amide bonds.